The van der Waals surface area contributed by atoms with E-state index in [0.717, 1.165) is 11.9 Å². The summed E-state index contributed by atoms with van der Waals surface area (Å²) < 4.78 is 34.1. The first kappa shape index (κ1) is 19.9. The van der Waals surface area contributed by atoms with E-state index in [1.807, 2.05) is 6.92 Å². The number of rotatable bonds is 5. The maximum atomic E-state index is 13.9. The summed E-state index contributed by atoms with van der Waals surface area (Å²) in [7, 11) is 0. The molecule has 0 spiro atoms. The number of aromatic nitrogens is 3. The zero-order valence-electron chi connectivity index (χ0n) is 15.6. The number of morpholine rings is 1. The van der Waals surface area contributed by atoms with E-state index in [1.165, 1.54) is 4.90 Å². The van der Waals surface area contributed by atoms with E-state index in [-0.39, 0.29) is 38.2 Å². The van der Waals surface area contributed by atoms with E-state index in [9.17, 15) is 18.4 Å². The average Bonchev–Trinajstić information content (AvgIpc) is 3.05. The first-order chi connectivity index (χ1) is 13.3. The van der Waals surface area contributed by atoms with Crippen molar-refractivity contribution in [1.29, 1.82) is 0 Å². The second-order valence-electron chi connectivity index (χ2n) is 6.63. The zero-order chi connectivity index (χ0) is 20.3. The Bertz CT molecular complexity index is 873. The van der Waals surface area contributed by atoms with E-state index in [1.54, 1.807) is 23.9 Å². The van der Waals surface area contributed by atoms with Gasteiger partial charge in [-0.25, -0.2) is 13.8 Å². The molecule has 0 aliphatic carbocycles. The average molecular weight is 393 g/mol. The van der Waals surface area contributed by atoms with Crippen LogP contribution >= 0.6 is 0 Å². The zero-order valence-corrected chi connectivity index (χ0v) is 15.6. The lowest BCUT2D eigenvalue weighted by atomic mass is 10.1. The molecule has 1 aliphatic rings. The van der Waals surface area contributed by atoms with Gasteiger partial charge in [-0.05, 0) is 19.9 Å². The molecule has 10 heteroatoms. The Morgan fingerprint density at radius 1 is 1.43 bits per heavy atom. The van der Waals surface area contributed by atoms with Crippen molar-refractivity contribution >= 4 is 11.8 Å². The molecule has 0 radical (unpaired) electrons. The molecule has 1 saturated heterocycles. The maximum Gasteiger partial charge on any atom is 0.275 e. The fourth-order valence-corrected chi connectivity index (χ4v) is 2.98. The van der Waals surface area contributed by atoms with Crippen LogP contribution in [0, 0.1) is 18.6 Å². The Labute approximate surface area is 160 Å². The summed E-state index contributed by atoms with van der Waals surface area (Å²) in [5, 5.41) is 6.89. The number of halogens is 2. The van der Waals surface area contributed by atoms with Crippen LogP contribution in [0.4, 0.5) is 8.78 Å². The highest BCUT2D eigenvalue weighted by molar-refractivity contribution is 5.92. The second kappa shape index (κ2) is 8.42. The molecule has 2 amide bonds. The normalized spacial score (nSPS) is 18.0. The van der Waals surface area contributed by atoms with Crippen LogP contribution in [0.25, 0.3) is 0 Å². The Hall–Kier alpha value is -2.88. The highest BCUT2D eigenvalue weighted by Crippen LogP contribution is 2.14. The third-order valence-corrected chi connectivity index (χ3v) is 4.56. The quantitative estimate of drug-likeness (QED) is 0.816. The number of nitrogens with one attached hydrogen (secondary N) is 1. The van der Waals surface area contributed by atoms with E-state index in [0.29, 0.717) is 6.07 Å². The lowest BCUT2D eigenvalue weighted by Gasteiger charge is -2.36. The van der Waals surface area contributed by atoms with Gasteiger partial charge in [0.2, 0.25) is 5.91 Å². The van der Waals surface area contributed by atoms with Crippen LogP contribution < -0.4 is 5.32 Å². The van der Waals surface area contributed by atoms with Gasteiger partial charge >= 0.3 is 0 Å². The minimum atomic E-state index is -1.01. The summed E-state index contributed by atoms with van der Waals surface area (Å²) in [5.41, 5.74) is 0.426. The van der Waals surface area contributed by atoms with E-state index in [2.05, 4.69) is 15.4 Å². The van der Waals surface area contributed by atoms with Gasteiger partial charge in [0.25, 0.3) is 5.91 Å². The molecule has 2 atom stereocenters. The topological polar surface area (TPSA) is 89.4 Å². The first-order valence-corrected chi connectivity index (χ1v) is 8.85. The number of carbonyl (C=O) groups is 2. The molecule has 1 aliphatic heterocycles. The lowest BCUT2D eigenvalue weighted by molar-refractivity contribution is -0.124. The number of pyridine rings is 1. The lowest BCUT2D eigenvalue weighted by Crippen LogP contribution is -2.54. The molecule has 0 saturated carbocycles. The molecule has 2 unspecified atom stereocenters. The third-order valence-electron chi connectivity index (χ3n) is 4.56. The number of amides is 2. The van der Waals surface area contributed by atoms with Gasteiger partial charge in [-0.15, -0.1) is 0 Å². The van der Waals surface area contributed by atoms with Gasteiger partial charge in [0.05, 0.1) is 24.9 Å². The standard InChI is InChI=1S/C18H21F2N5O3/c1-11-3-4-22-25(11)10-16(26)23-12(2)15-9-24(5-6-28-15)18(27)17-14(20)7-13(19)8-21-17/h3-4,7-8,12,15H,5-6,9-10H2,1-2H3,(H,23,26). The van der Waals surface area contributed by atoms with Crippen LogP contribution in [0.5, 0.6) is 0 Å². The van der Waals surface area contributed by atoms with Crippen LogP contribution in [0.15, 0.2) is 24.5 Å². The number of hydrogen-bond donors (Lipinski definition) is 1. The molecule has 3 heterocycles. The van der Waals surface area contributed by atoms with Gasteiger partial charge in [-0.3, -0.25) is 14.3 Å². The molecule has 8 nitrogen and oxygen atoms in total. The molecular formula is C18H21F2N5O3. The SMILES string of the molecule is Cc1ccnn1CC(=O)NC(C)C1CN(C(=O)c2ncc(F)cc2F)CCO1. The molecule has 28 heavy (non-hydrogen) atoms. The largest absolute Gasteiger partial charge is 0.372 e. The molecular weight excluding hydrogens is 372 g/mol. The molecule has 150 valence electrons. The Morgan fingerprint density at radius 2 is 2.21 bits per heavy atom. The fourth-order valence-electron chi connectivity index (χ4n) is 2.98. The van der Waals surface area contributed by atoms with Crippen LogP contribution in [0.1, 0.15) is 23.1 Å². The summed E-state index contributed by atoms with van der Waals surface area (Å²) in [6.45, 7) is 4.32. The highest BCUT2D eigenvalue weighted by Gasteiger charge is 2.31. The Morgan fingerprint density at radius 3 is 2.89 bits per heavy atom. The molecule has 0 aromatic carbocycles. The van der Waals surface area contributed by atoms with Gasteiger partial charge in [0, 0.05) is 31.0 Å². The Balaban J connectivity index is 1.59. The third kappa shape index (κ3) is 4.50. The monoisotopic (exact) mass is 393 g/mol. The number of nitrogens with zero attached hydrogens (tertiary/aromatic N) is 4. The molecule has 0 bridgehead atoms. The van der Waals surface area contributed by atoms with Gasteiger partial charge in [-0.1, -0.05) is 0 Å². The van der Waals surface area contributed by atoms with Crippen molar-refractivity contribution in [3.63, 3.8) is 0 Å². The van der Waals surface area contributed by atoms with E-state index < -0.39 is 29.3 Å². The minimum Gasteiger partial charge on any atom is -0.372 e. The molecule has 1 N–H and O–H groups in total. The number of ether oxygens (including phenoxy) is 1. The van der Waals surface area contributed by atoms with Crippen molar-refractivity contribution in [1.82, 2.24) is 25.0 Å². The van der Waals surface area contributed by atoms with Gasteiger partial charge in [0.15, 0.2) is 11.5 Å². The second-order valence-corrected chi connectivity index (χ2v) is 6.63. The maximum absolute atomic E-state index is 13.9. The summed E-state index contributed by atoms with van der Waals surface area (Å²) in [6.07, 6.45) is 1.94. The summed E-state index contributed by atoms with van der Waals surface area (Å²) in [6, 6.07) is 2.04. The molecule has 2 aromatic heterocycles. The van der Waals surface area contributed by atoms with E-state index >= 15 is 0 Å². The van der Waals surface area contributed by atoms with Crippen molar-refractivity contribution in [3.05, 3.63) is 47.5 Å². The minimum absolute atomic E-state index is 0.0727. The van der Waals surface area contributed by atoms with Gasteiger partial charge in [-0.2, -0.15) is 5.10 Å². The number of hydrogen-bond acceptors (Lipinski definition) is 5. The number of aryl methyl sites for hydroxylation is 1. The van der Waals surface area contributed by atoms with Crippen molar-refractivity contribution in [2.75, 3.05) is 19.7 Å². The predicted octanol–water partition coefficient (Wildman–Crippen LogP) is 0.911. The van der Waals surface area contributed by atoms with Crippen LogP contribution in [0.2, 0.25) is 0 Å². The van der Waals surface area contributed by atoms with Crippen molar-refractivity contribution in [3.8, 4) is 0 Å². The van der Waals surface area contributed by atoms with Crippen LogP contribution in [-0.4, -0.2) is 63.3 Å². The van der Waals surface area contributed by atoms with Crippen molar-refractivity contribution < 1.29 is 23.1 Å². The fraction of sp³-hybridized carbons (Fsp3) is 0.444. The molecule has 3 rings (SSSR count). The summed E-state index contributed by atoms with van der Waals surface area (Å²) >= 11 is 0. The van der Waals surface area contributed by atoms with E-state index in [4.69, 9.17) is 4.74 Å². The summed E-state index contributed by atoms with van der Waals surface area (Å²) in [4.78, 5) is 29.7. The van der Waals surface area contributed by atoms with Gasteiger partial charge < -0.3 is 15.0 Å². The van der Waals surface area contributed by atoms with Crippen LogP contribution in [0.3, 0.4) is 0 Å². The smallest absolute Gasteiger partial charge is 0.275 e. The van der Waals surface area contributed by atoms with Crippen molar-refractivity contribution in [2.45, 2.75) is 32.5 Å². The molecule has 1 fully saturated rings. The van der Waals surface area contributed by atoms with Crippen molar-refractivity contribution in [2.24, 2.45) is 0 Å². The first-order valence-electron chi connectivity index (χ1n) is 8.85. The predicted molar refractivity (Wildman–Crippen MR) is 94.4 cm³/mol. The van der Waals surface area contributed by atoms with Gasteiger partial charge in [0.1, 0.15) is 12.4 Å². The summed E-state index contributed by atoms with van der Waals surface area (Å²) in [5.74, 6) is -2.74. The number of carbonyl (C=O) groups excluding carboxylic acids is 2. The molecule has 2 aromatic rings. The highest BCUT2D eigenvalue weighted by atomic mass is 19.1. The van der Waals surface area contributed by atoms with Crippen LogP contribution in [-0.2, 0) is 16.1 Å². The Kier molecular flexibility index (Phi) is 5.98.